The van der Waals surface area contributed by atoms with Crippen LogP contribution in [0.4, 0.5) is 0 Å². The Morgan fingerprint density at radius 2 is 1.95 bits per heavy atom. The Bertz CT molecular complexity index is 408. The summed E-state index contributed by atoms with van der Waals surface area (Å²) < 4.78 is 0. The van der Waals surface area contributed by atoms with Gasteiger partial charge in [-0.25, -0.2) is 4.79 Å². The SMILES string of the molecule is CC(C(=O)N1C(C(=O)O)CC2CCCCC21)C1CNC1. The van der Waals surface area contributed by atoms with Gasteiger partial charge in [-0.15, -0.1) is 0 Å². The van der Waals surface area contributed by atoms with E-state index in [0.29, 0.717) is 18.3 Å². The molecule has 4 atom stereocenters. The molecule has 0 radical (unpaired) electrons. The molecule has 0 bridgehead atoms. The predicted octanol–water partition coefficient (Wildman–Crippen LogP) is 1.09. The van der Waals surface area contributed by atoms with E-state index in [1.165, 1.54) is 6.42 Å². The summed E-state index contributed by atoms with van der Waals surface area (Å²) in [5, 5.41) is 12.7. The number of carbonyl (C=O) groups excluding carboxylic acids is 1. The molecule has 112 valence electrons. The zero-order valence-electron chi connectivity index (χ0n) is 12.0. The fourth-order valence-corrected chi connectivity index (χ4v) is 4.10. The molecule has 5 nitrogen and oxygen atoms in total. The number of hydrogen-bond acceptors (Lipinski definition) is 3. The van der Waals surface area contributed by atoms with Crippen LogP contribution in [-0.2, 0) is 9.59 Å². The van der Waals surface area contributed by atoms with Crippen LogP contribution in [0.25, 0.3) is 0 Å². The maximum atomic E-state index is 12.8. The van der Waals surface area contributed by atoms with E-state index < -0.39 is 12.0 Å². The van der Waals surface area contributed by atoms with Gasteiger partial charge in [0.05, 0.1) is 0 Å². The first-order valence-corrected chi connectivity index (χ1v) is 7.85. The lowest BCUT2D eigenvalue weighted by Gasteiger charge is -2.38. The number of carboxylic acid groups (broad SMARTS) is 1. The summed E-state index contributed by atoms with van der Waals surface area (Å²) >= 11 is 0. The Labute approximate surface area is 119 Å². The number of rotatable bonds is 3. The minimum Gasteiger partial charge on any atom is -0.480 e. The Kier molecular flexibility index (Phi) is 3.71. The van der Waals surface area contributed by atoms with E-state index >= 15 is 0 Å². The summed E-state index contributed by atoms with van der Waals surface area (Å²) in [6, 6.07) is -0.418. The third-order valence-electron chi connectivity index (χ3n) is 5.54. The highest BCUT2D eigenvalue weighted by atomic mass is 16.4. The molecule has 2 heterocycles. The van der Waals surface area contributed by atoms with Gasteiger partial charge in [-0.1, -0.05) is 19.8 Å². The average Bonchev–Trinajstić information content (AvgIpc) is 2.75. The smallest absolute Gasteiger partial charge is 0.326 e. The molecular weight excluding hydrogens is 256 g/mol. The Morgan fingerprint density at radius 3 is 2.55 bits per heavy atom. The minimum atomic E-state index is -0.827. The summed E-state index contributed by atoms with van der Waals surface area (Å²) in [6.07, 6.45) is 5.02. The topological polar surface area (TPSA) is 69.6 Å². The van der Waals surface area contributed by atoms with Crippen LogP contribution >= 0.6 is 0 Å². The molecule has 2 aliphatic heterocycles. The van der Waals surface area contributed by atoms with Crippen molar-refractivity contribution in [3.05, 3.63) is 0 Å². The first kappa shape index (κ1) is 13.9. The van der Waals surface area contributed by atoms with Crippen LogP contribution in [0.1, 0.15) is 39.0 Å². The monoisotopic (exact) mass is 280 g/mol. The van der Waals surface area contributed by atoms with Gasteiger partial charge >= 0.3 is 5.97 Å². The van der Waals surface area contributed by atoms with Crippen molar-refractivity contribution in [2.45, 2.75) is 51.1 Å². The highest BCUT2D eigenvalue weighted by molar-refractivity contribution is 5.86. The molecule has 3 aliphatic rings. The largest absolute Gasteiger partial charge is 0.480 e. The fraction of sp³-hybridized carbons (Fsp3) is 0.867. The zero-order chi connectivity index (χ0) is 14.3. The van der Waals surface area contributed by atoms with Crippen molar-refractivity contribution in [1.29, 1.82) is 0 Å². The molecular formula is C15H24N2O3. The van der Waals surface area contributed by atoms with E-state index in [0.717, 1.165) is 32.4 Å². The molecule has 0 spiro atoms. The van der Waals surface area contributed by atoms with Gasteiger partial charge in [0.25, 0.3) is 0 Å². The maximum Gasteiger partial charge on any atom is 0.326 e. The van der Waals surface area contributed by atoms with Crippen LogP contribution in [0, 0.1) is 17.8 Å². The number of nitrogens with zero attached hydrogens (tertiary/aromatic N) is 1. The second-order valence-corrected chi connectivity index (χ2v) is 6.65. The van der Waals surface area contributed by atoms with Gasteiger partial charge in [-0.2, -0.15) is 0 Å². The molecule has 2 N–H and O–H groups in total. The lowest BCUT2D eigenvalue weighted by Crippen LogP contribution is -2.54. The number of likely N-dealkylation sites (tertiary alicyclic amines) is 1. The quantitative estimate of drug-likeness (QED) is 0.812. The van der Waals surface area contributed by atoms with Crippen molar-refractivity contribution in [3.63, 3.8) is 0 Å². The second-order valence-electron chi connectivity index (χ2n) is 6.65. The molecule has 1 saturated carbocycles. The van der Waals surface area contributed by atoms with E-state index in [1.807, 2.05) is 6.92 Å². The van der Waals surface area contributed by atoms with Gasteiger partial charge in [0, 0.05) is 12.0 Å². The van der Waals surface area contributed by atoms with Crippen LogP contribution in [0.5, 0.6) is 0 Å². The average molecular weight is 280 g/mol. The number of nitrogens with one attached hydrogen (secondary N) is 1. The minimum absolute atomic E-state index is 0.0567. The zero-order valence-corrected chi connectivity index (χ0v) is 12.0. The van der Waals surface area contributed by atoms with Gasteiger partial charge < -0.3 is 15.3 Å². The number of aliphatic carboxylic acids is 1. The first-order valence-electron chi connectivity index (χ1n) is 7.85. The van der Waals surface area contributed by atoms with Gasteiger partial charge in [-0.05, 0) is 44.2 Å². The van der Waals surface area contributed by atoms with Crippen molar-refractivity contribution in [2.24, 2.45) is 17.8 Å². The van der Waals surface area contributed by atoms with E-state index in [4.69, 9.17) is 0 Å². The number of carbonyl (C=O) groups is 2. The molecule has 1 aliphatic carbocycles. The number of carboxylic acids is 1. The summed E-state index contributed by atoms with van der Waals surface area (Å²) in [6.45, 7) is 3.72. The van der Waals surface area contributed by atoms with E-state index in [-0.39, 0.29) is 17.9 Å². The van der Waals surface area contributed by atoms with Crippen LogP contribution < -0.4 is 5.32 Å². The van der Waals surface area contributed by atoms with Crippen LogP contribution in [-0.4, -0.2) is 47.1 Å². The molecule has 4 unspecified atom stereocenters. The Morgan fingerprint density at radius 1 is 1.25 bits per heavy atom. The summed E-state index contributed by atoms with van der Waals surface area (Å²) in [4.78, 5) is 26.1. The van der Waals surface area contributed by atoms with Crippen molar-refractivity contribution in [1.82, 2.24) is 10.2 Å². The van der Waals surface area contributed by atoms with Crippen LogP contribution in [0.3, 0.4) is 0 Å². The highest BCUT2D eigenvalue weighted by Crippen LogP contribution is 2.41. The van der Waals surface area contributed by atoms with Gasteiger partial charge in [0.2, 0.25) is 5.91 Å². The Balaban J connectivity index is 1.79. The molecule has 20 heavy (non-hydrogen) atoms. The van der Waals surface area contributed by atoms with Gasteiger partial charge in [0.15, 0.2) is 0 Å². The van der Waals surface area contributed by atoms with E-state index in [1.54, 1.807) is 4.90 Å². The number of hydrogen-bond donors (Lipinski definition) is 2. The standard InChI is InChI=1S/C15H24N2O3/c1-9(11-7-16-8-11)14(18)17-12-5-3-2-4-10(12)6-13(17)15(19)20/h9-13,16H,2-8H2,1H3,(H,19,20). The Hall–Kier alpha value is -1.10. The normalized spacial score (nSPS) is 35.2. The summed E-state index contributed by atoms with van der Waals surface area (Å²) in [5.74, 6) is -0.0381. The molecule has 1 amide bonds. The summed E-state index contributed by atoms with van der Waals surface area (Å²) in [7, 11) is 0. The molecule has 3 rings (SSSR count). The van der Waals surface area contributed by atoms with Crippen LogP contribution in [0.2, 0.25) is 0 Å². The van der Waals surface area contributed by atoms with Crippen LogP contribution in [0.15, 0.2) is 0 Å². The van der Waals surface area contributed by atoms with Crippen molar-refractivity contribution in [3.8, 4) is 0 Å². The maximum absolute atomic E-state index is 12.8. The van der Waals surface area contributed by atoms with Crippen molar-refractivity contribution < 1.29 is 14.7 Å². The highest BCUT2D eigenvalue weighted by Gasteiger charge is 2.49. The molecule has 0 aromatic heterocycles. The van der Waals surface area contributed by atoms with Gasteiger partial charge in [0.1, 0.15) is 6.04 Å². The first-order chi connectivity index (χ1) is 9.59. The molecule has 0 aromatic carbocycles. The molecule has 3 fully saturated rings. The molecule has 0 aromatic rings. The second kappa shape index (κ2) is 5.35. The number of fused-ring (bicyclic) bond motifs is 1. The van der Waals surface area contributed by atoms with Crippen molar-refractivity contribution >= 4 is 11.9 Å². The van der Waals surface area contributed by atoms with E-state index in [9.17, 15) is 14.7 Å². The lowest BCUT2D eigenvalue weighted by atomic mass is 9.84. The molecule has 2 saturated heterocycles. The fourth-order valence-electron chi connectivity index (χ4n) is 4.10. The lowest BCUT2D eigenvalue weighted by molar-refractivity contribution is -0.152. The van der Waals surface area contributed by atoms with Crippen molar-refractivity contribution in [2.75, 3.05) is 13.1 Å². The third-order valence-corrected chi connectivity index (χ3v) is 5.54. The number of amides is 1. The van der Waals surface area contributed by atoms with Gasteiger partial charge in [-0.3, -0.25) is 4.79 Å². The third kappa shape index (κ3) is 2.22. The van der Waals surface area contributed by atoms with E-state index in [2.05, 4.69) is 5.32 Å². The predicted molar refractivity (Wildman–Crippen MR) is 74.2 cm³/mol. The molecule has 5 heteroatoms. The summed E-state index contributed by atoms with van der Waals surface area (Å²) in [5.41, 5.74) is 0.